The standard InChI is InChI=1S/C9H5F2I3O2/c10-9(11,8(15)16)3-5-6(13)1-4(12)2-7(5)14/h1-2H,3H2,(H,15,16)/p-1. The lowest BCUT2D eigenvalue weighted by Crippen LogP contribution is -2.43. The van der Waals surface area contributed by atoms with Gasteiger partial charge < -0.3 is 9.90 Å². The summed E-state index contributed by atoms with van der Waals surface area (Å²) in [4.78, 5) is 10.2. The largest absolute Gasteiger partial charge is 0.544 e. The molecule has 0 aliphatic heterocycles. The molecule has 0 saturated carbocycles. The molecule has 0 heterocycles. The number of carbonyl (C=O) groups is 1. The zero-order valence-electron chi connectivity index (χ0n) is 7.57. The van der Waals surface area contributed by atoms with Crippen LogP contribution in [0.25, 0.3) is 0 Å². The third kappa shape index (κ3) is 3.62. The zero-order chi connectivity index (χ0) is 12.5. The van der Waals surface area contributed by atoms with Crippen LogP contribution in [0.5, 0.6) is 0 Å². The van der Waals surface area contributed by atoms with Gasteiger partial charge in [0.2, 0.25) is 0 Å². The quantitative estimate of drug-likeness (QED) is 0.531. The Bertz CT molecular complexity index is 412. The third-order valence-corrected chi connectivity index (χ3v) is 4.35. The maximum absolute atomic E-state index is 13.0. The molecule has 1 aromatic rings. The van der Waals surface area contributed by atoms with E-state index in [1.807, 2.05) is 45.2 Å². The molecule has 0 fully saturated rings. The van der Waals surface area contributed by atoms with Crippen molar-refractivity contribution in [2.75, 3.05) is 0 Å². The predicted molar refractivity (Wildman–Crippen MR) is 78.3 cm³/mol. The number of carboxylic acid groups (broad SMARTS) is 1. The van der Waals surface area contributed by atoms with Crippen molar-refractivity contribution in [1.29, 1.82) is 0 Å². The van der Waals surface area contributed by atoms with Crippen LogP contribution in [-0.4, -0.2) is 11.9 Å². The van der Waals surface area contributed by atoms with Crippen LogP contribution < -0.4 is 5.11 Å². The van der Waals surface area contributed by atoms with E-state index in [2.05, 4.69) is 22.6 Å². The number of carbonyl (C=O) groups excluding carboxylic acids is 1. The van der Waals surface area contributed by atoms with Gasteiger partial charge in [0.25, 0.3) is 5.92 Å². The van der Waals surface area contributed by atoms with Crippen LogP contribution in [-0.2, 0) is 11.2 Å². The maximum atomic E-state index is 13.0. The summed E-state index contributed by atoms with van der Waals surface area (Å²) in [5, 5.41) is 10.2. The number of carboxylic acids is 1. The summed E-state index contributed by atoms with van der Waals surface area (Å²) in [6, 6.07) is 3.45. The smallest absolute Gasteiger partial charge is 0.291 e. The van der Waals surface area contributed by atoms with Gasteiger partial charge in [0.05, 0.1) is 0 Å². The van der Waals surface area contributed by atoms with E-state index in [0.717, 1.165) is 3.57 Å². The number of benzene rings is 1. The van der Waals surface area contributed by atoms with Crippen LogP contribution >= 0.6 is 67.8 Å². The lowest BCUT2D eigenvalue weighted by Gasteiger charge is -2.19. The van der Waals surface area contributed by atoms with Gasteiger partial charge in [-0.1, -0.05) is 0 Å². The fourth-order valence-corrected chi connectivity index (χ4v) is 5.00. The summed E-state index contributed by atoms with van der Waals surface area (Å²) in [7, 11) is 0. The molecule has 0 amide bonds. The first-order chi connectivity index (χ1) is 7.24. The molecule has 1 aromatic carbocycles. The molecule has 0 atom stereocenters. The summed E-state index contributed by atoms with van der Waals surface area (Å²) in [6.45, 7) is 0. The van der Waals surface area contributed by atoms with Crippen molar-refractivity contribution in [3.63, 3.8) is 0 Å². The highest BCUT2D eigenvalue weighted by Gasteiger charge is 2.32. The van der Waals surface area contributed by atoms with E-state index >= 15 is 0 Å². The van der Waals surface area contributed by atoms with Crippen LogP contribution in [0.2, 0.25) is 0 Å². The van der Waals surface area contributed by atoms with Gasteiger partial charge in [-0.25, -0.2) is 0 Å². The molecule has 88 valence electrons. The first kappa shape index (κ1) is 14.8. The van der Waals surface area contributed by atoms with Crippen LogP contribution in [0, 0.1) is 10.7 Å². The van der Waals surface area contributed by atoms with Crippen LogP contribution in [0.4, 0.5) is 8.78 Å². The number of hydrogen-bond acceptors (Lipinski definition) is 2. The Hall–Kier alpha value is 0.740. The van der Waals surface area contributed by atoms with E-state index in [4.69, 9.17) is 0 Å². The molecule has 0 spiro atoms. The van der Waals surface area contributed by atoms with Crippen molar-refractivity contribution in [2.45, 2.75) is 12.3 Å². The van der Waals surface area contributed by atoms with E-state index in [1.54, 1.807) is 12.1 Å². The van der Waals surface area contributed by atoms with Gasteiger partial charge in [0.15, 0.2) is 0 Å². The van der Waals surface area contributed by atoms with E-state index in [-0.39, 0.29) is 0 Å². The topological polar surface area (TPSA) is 40.1 Å². The second kappa shape index (κ2) is 5.59. The van der Waals surface area contributed by atoms with E-state index < -0.39 is 18.3 Å². The first-order valence-electron chi connectivity index (χ1n) is 3.96. The minimum Gasteiger partial charge on any atom is -0.544 e. The van der Waals surface area contributed by atoms with E-state index in [1.165, 1.54) is 0 Å². The SMILES string of the molecule is O=C([O-])C(F)(F)Cc1c(I)cc(I)cc1I. The Kier molecular flexibility index (Phi) is 5.17. The third-order valence-electron chi connectivity index (χ3n) is 1.80. The Morgan fingerprint density at radius 2 is 1.69 bits per heavy atom. The average molecular weight is 563 g/mol. The molecule has 16 heavy (non-hydrogen) atoms. The lowest BCUT2D eigenvalue weighted by atomic mass is 10.1. The van der Waals surface area contributed by atoms with Crippen molar-refractivity contribution in [3.05, 3.63) is 28.4 Å². The highest BCUT2D eigenvalue weighted by atomic mass is 127. The number of aliphatic carboxylic acids is 1. The lowest BCUT2D eigenvalue weighted by molar-refractivity contribution is -0.329. The molecule has 0 aliphatic rings. The van der Waals surface area contributed by atoms with Gasteiger partial charge in [-0.2, -0.15) is 8.78 Å². The first-order valence-corrected chi connectivity index (χ1v) is 7.20. The minimum absolute atomic E-state index is 0.343. The maximum Gasteiger partial charge on any atom is 0.291 e. The monoisotopic (exact) mass is 563 g/mol. The van der Waals surface area contributed by atoms with Gasteiger partial charge in [0, 0.05) is 17.1 Å². The van der Waals surface area contributed by atoms with Crippen LogP contribution in [0.3, 0.4) is 0 Å². The Balaban J connectivity index is 3.11. The summed E-state index contributed by atoms with van der Waals surface area (Å²) >= 11 is 5.91. The van der Waals surface area contributed by atoms with Gasteiger partial charge in [-0.15, -0.1) is 0 Å². The summed E-state index contributed by atoms with van der Waals surface area (Å²) in [5.41, 5.74) is 0.343. The average Bonchev–Trinajstić information content (AvgIpc) is 2.11. The fourth-order valence-electron chi connectivity index (χ4n) is 1.04. The predicted octanol–water partition coefficient (Wildman–Crippen LogP) is 2.43. The highest BCUT2D eigenvalue weighted by Crippen LogP contribution is 2.28. The second-order valence-corrected chi connectivity index (χ2v) is 6.59. The van der Waals surface area contributed by atoms with Crippen LogP contribution in [0.1, 0.15) is 5.56 Å². The zero-order valence-corrected chi connectivity index (χ0v) is 14.0. The highest BCUT2D eigenvalue weighted by molar-refractivity contribution is 14.1. The molecule has 0 saturated heterocycles. The molecule has 1 rings (SSSR count). The molecule has 2 nitrogen and oxygen atoms in total. The number of alkyl halides is 2. The van der Waals surface area contributed by atoms with Gasteiger partial charge >= 0.3 is 0 Å². The summed E-state index contributed by atoms with van der Waals surface area (Å²) < 4.78 is 28.2. The van der Waals surface area contributed by atoms with E-state index in [9.17, 15) is 18.7 Å². The summed E-state index contributed by atoms with van der Waals surface area (Å²) in [6.07, 6.45) is -0.831. The molecule has 0 aromatic heterocycles. The molecule has 0 radical (unpaired) electrons. The number of hydrogen-bond donors (Lipinski definition) is 0. The molecule has 0 N–H and O–H groups in total. The molecule has 0 unspecified atom stereocenters. The Labute approximate surface area is 132 Å². The molecule has 7 heteroatoms. The number of rotatable bonds is 3. The fraction of sp³-hybridized carbons (Fsp3) is 0.222. The molecule has 0 bridgehead atoms. The summed E-state index contributed by atoms with van der Waals surface area (Å²) in [5.74, 6) is -6.16. The Morgan fingerprint density at radius 1 is 1.25 bits per heavy atom. The number of halogens is 5. The Morgan fingerprint density at radius 3 is 2.06 bits per heavy atom. The van der Waals surface area contributed by atoms with Crippen molar-refractivity contribution in [3.8, 4) is 0 Å². The van der Waals surface area contributed by atoms with Gasteiger partial charge in [0.1, 0.15) is 5.97 Å². The molecular formula is C9H4F2I3O2-. The van der Waals surface area contributed by atoms with Crippen molar-refractivity contribution >= 4 is 73.7 Å². The van der Waals surface area contributed by atoms with Crippen molar-refractivity contribution in [2.24, 2.45) is 0 Å². The minimum atomic E-state index is -3.83. The van der Waals surface area contributed by atoms with Gasteiger partial charge in [-0.3, -0.25) is 0 Å². The molecule has 0 aliphatic carbocycles. The van der Waals surface area contributed by atoms with E-state index in [0.29, 0.717) is 12.7 Å². The van der Waals surface area contributed by atoms with Crippen LogP contribution in [0.15, 0.2) is 12.1 Å². The molecular weight excluding hydrogens is 559 g/mol. The van der Waals surface area contributed by atoms with Crippen molar-refractivity contribution < 1.29 is 18.7 Å². The second-order valence-electron chi connectivity index (χ2n) is 3.02. The normalized spacial score (nSPS) is 11.6. The van der Waals surface area contributed by atoms with Gasteiger partial charge in [-0.05, 0) is 85.5 Å². The van der Waals surface area contributed by atoms with Crippen molar-refractivity contribution in [1.82, 2.24) is 0 Å².